The SMILES string of the molecule is COc1ccc(N2C(=O)N(c3c(C)cccc3Cl)Cc3cnc(Nc4ccc(C5CCN(C)CC5)cc4OC)nc32)cc1. The predicted molar refractivity (Wildman–Crippen MR) is 171 cm³/mol. The standard InChI is InChI=1S/C33H35ClN6O3/c1-21-6-5-7-27(34)30(21)39-20-24-19-35-32(37-31(24)40(33(39)41)25-9-11-26(42-3)12-10-25)36-28-13-8-23(18-29(28)43-4)22-14-16-38(2)17-15-22/h5-13,18-19,22H,14-17,20H2,1-4H3,(H,35,36,37). The van der Waals surface area contributed by atoms with Crippen molar-refractivity contribution < 1.29 is 14.3 Å². The number of likely N-dealkylation sites (tertiary alicyclic amines) is 1. The molecule has 9 nitrogen and oxygen atoms in total. The fourth-order valence-corrected chi connectivity index (χ4v) is 6.17. The third-order valence-corrected chi connectivity index (χ3v) is 8.56. The zero-order valence-corrected chi connectivity index (χ0v) is 25.6. The number of carbonyl (C=O) groups excluding carboxylic acids is 1. The van der Waals surface area contributed by atoms with Crippen LogP contribution in [0.15, 0.2) is 66.9 Å². The first-order valence-electron chi connectivity index (χ1n) is 14.4. The molecule has 0 bridgehead atoms. The molecule has 1 fully saturated rings. The zero-order chi connectivity index (χ0) is 30.1. The van der Waals surface area contributed by atoms with E-state index >= 15 is 0 Å². The molecule has 1 saturated heterocycles. The number of ether oxygens (including phenoxy) is 2. The molecule has 2 aliphatic rings. The number of halogens is 1. The van der Waals surface area contributed by atoms with Gasteiger partial charge in [-0.15, -0.1) is 0 Å². The number of fused-ring (bicyclic) bond motifs is 1. The minimum atomic E-state index is -0.265. The molecular weight excluding hydrogens is 564 g/mol. The Labute approximate surface area is 257 Å². The topological polar surface area (TPSA) is 83.1 Å². The minimum Gasteiger partial charge on any atom is -0.497 e. The van der Waals surface area contributed by atoms with Crippen molar-refractivity contribution in [1.82, 2.24) is 14.9 Å². The van der Waals surface area contributed by atoms with Gasteiger partial charge in [0.1, 0.15) is 11.5 Å². The summed E-state index contributed by atoms with van der Waals surface area (Å²) in [6, 6.07) is 18.9. The van der Waals surface area contributed by atoms with Crippen molar-refractivity contribution in [3.8, 4) is 11.5 Å². The van der Waals surface area contributed by atoms with Gasteiger partial charge in [-0.25, -0.2) is 14.7 Å². The molecule has 0 radical (unpaired) electrons. The number of rotatable bonds is 7. The van der Waals surface area contributed by atoms with Gasteiger partial charge >= 0.3 is 6.03 Å². The van der Waals surface area contributed by atoms with Crippen LogP contribution in [-0.2, 0) is 6.54 Å². The van der Waals surface area contributed by atoms with Gasteiger partial charge in [0.15, 0.2) is 5.82 Å². The van der Waals surface area contributed by atoms with Crippen LogP contribution >= 0.6 is 11.6 Å². The minimum absolute atomic E-state index is 0.265. The molecule has 0 unspecified atom stereocenters. The number of aryl methyl sites for hydroxylation is 1. The van der Waals surface area contributed by atoms with Gasteiger partial charge in [0.2, 0.25) is 5.95 Å². The quantitative estimate of drug-likeness (QED) is 0.239. The fourth-order valence-electron chi connectivity index (χ4n) is 5.84. The molecule has 0 atom stereocenters. The van der Waals surface area contributed by atoms with Gasteiger partial charge in [-0.05, 0) is 99.4 Å². The van der Waals surface area contributed by atoms with Crippen LogP contribution < -0.4 is 24.6 Å². The number of hydrogen-bond acceptors (Lipinski definition) is 7. The number of carbonyl (C=O) groups is 1. The molecule has 43 heavy (non-hydrogen) atoms. The van der Waals surface area contributed by atoms with Crippen LogP contribution in [0.4, 0.5) is 33.6 Å². The van der Waals surface area contributed by atoms with Gasteiger partial charge < -0.3 is 19.7 Å². The Morgan fingerprint density at radius 1 is 1.00 bits per heavy atom. The molecule has 2 aliphatic heterocycles. The van der Waals surface area contributed by atoms with Crippen LogP contribution in [0.2, 0.25) is 5.02 Å². The Balaban J connectivity index is 1.36. The van der Waals surface area contributed by atoms with Crippen molar-refractivity contribution >= 4 is 46.5 Å². The van der Waals surface area contributed by atoms with Gasteiger partial charge in [0.05, 0.1) is 42.8 Å². The van der Waals surface area contributed by atoms with Crippen molar-refractivity contribution in [3.05, 3.63) is 88.6 Å². The predicted octanol–water partition coefficient (Wildman–Crippen LogP) is 7.29. The Kier molecular flexibility index (Phi) is 8.10. The van der Waals surface area contributed by atoms with Gasteiger partial charge in [-0.2, -0.15) is 4.98 Å². The second-order valence-corrected chi connectivity index (χ2v) is 11.4. The van der Waals surface area contributed by atoms with Gasteiger partial charge in [0, 0.05) is 11.8 Å². The van der Waals surface area contributed by atoms with Crippen LogP contribution in [0.1, 0.15) is 35.4 Å². The summed E-state index contributed by atoms with van der Waals surface area (Å²) in [7, 11) is 5.45. The lowest BCUT2D eigenvalue weighted by molar-refractivity contribution is 0.252. The van der Waals surface area contributed by atoms with E-state index in [2.05, 4.69) is 34.4 Å². The lowest BCUT2D eigenvalue weighted by Crippen LogP contribution is -2.46. The maximum atomic E-state index is 14.2. The molecule has 0 spiro atoms. The summed E-state index contributed by atoms with van der Waals surface area (Å²) < 4.78 is 11.1. The molecule has 3 heterocycles. The third-order valence-electron chi connectivity index (χ3n) is 8.26. The largest absolute Gasteiger partial charge is 0.497 e. The molecule has 3 aromatic carbocycles. The molecule has 10 heteroatoms. The third kappa shape index (κ3) is 5.70. The van der Waals surface area contributed by atoms with Crippen molar-refractivity contribution in [3.63, 3.8) is 0 Å². The summed E-state index contributed by atoms with van der Waals surface area (Å²) >= 11 is 6.62. The number of hydrogen-bond donors (Lipinski definition) is 1. The number of aromatic nitrogens is 2. The summed E-state index contributed by atoms with van der Waals surface area (Å²) in [6.07, 6.45) is 4.01. The van der Waals surface area contributed by atoms with Crippen molar-refractivity contribution in [2.45, 2.75) is 32.2 Å². The summed E-state index contributed by atoms with van der Waals surface area (Å²) in [6.45, 7) is 4.40. The van der Waals surface area contributed by atoms with E-state index in [1.165, 1.54) is 5.56 Å². The van der Waals surface area contributed by atoms with Crippen LogP contribution in [0, 0.1) is 6.92 Å². The number of piperidine rings is 1. The number of nitrogens with one attached hydrogen (secondary N) is 1. The van der Waals surface area contributed by atoms with E-state index in [-0.39, 0.29) is 12.6 Å². The summed E-state index contributed by atoms with van der Waals surface area (Å²) in [5.41, 5.74) is 5.01. The van der Waals surface area contributed by atoms with E-state index in [0.29, 0.717) is 39.8 Å². The number of nitrogens with zero attached hydrogens (tertiary/aromatic N) is 5. The van der Waals surface area contributed by atoms with E-state index in [1.54, 1.807) is 36.3 Å². The first-order chi connectivity index (χ1) is 20.9. The first-order valence-corrected chi connectivity index (χ1v) is 14.7. The van der Waals surface area contributed by atoms with Gasteiger partial charge in [-0.1, -0.05) is 29.8 Å². The van der Waals surface area contributed by atoms with Crippen molar-refractivity contribution in [2.24, 2.45) is 0 Å². The van der Waals surface area contributed by atoms with Crippen LogP contribution in [0.5, 0.6) is 11.5 Å². The van der Waals surface area contributed by atoms with Crippen molar-refractivity contribution in [1.29, 1.82) is 0 Å². The average molecular weight is 599 g/mol. The highest BCUT2D eigenvalue weighted by atomic mass is 35.5. The van der Waals surface area contributed by atoms with Crippen LogP contribution in [0.3, 0.4) is 0 Å². The normalized spacial score (nSPS) is 15.8. The number of benzene rings is 3. The molecule has 1 aromatic heterocycles. The Bertz CT molecular complexity index is 1620. The highest BCUT2D eigenvalue weighted by Crippen LogP contribution is 2.40. The Hall–Kier alpha value is -4.34. The van der Waals surface area contributed by atoms with Crippen LogP contribution in [-0.4, -0.2) is 55.3 Å². The van der Waals surface area contributed by atoms with Crippen molar-refractivity contribution in [2.75, 3.05) is 49.5 Å². The molecule has 4 aromatic rings. The first kappa shape index (κ1) is 28.8. The lowest BCUT2D eigenvalue weighted by atomic mass is 9.89. The molecule has 0 saturated carbocycles. The van der Waals surface area contributed by atoms with E-state index in [9.17, 15) is 4.79 Å². The average Bonchev–Trinajstić information content (AvgIpc) is 3.02. The highest BCUT2D eigenvalue weighted by Gasteiger charge is 2.36. The highest BCUT2D eigenvalue weighted by molar-refractivity contribution is 6.34. The van der Waals surface area contributed by atoms with E-state index in [0.717, 1.165) is 48.5 Å². The number of methoxy groups -OCH3 is 2. The molecule has 2 amide bonds. The molecule has 1 N–H and O–H groups in total. The van der Waals surface area contributed by atoms with Gasteiger partial charge in [0.25, 0.3) is 0 Å². The number of amides is 2. The number of urea groups is 1. The zero-order valence-electron chi connectivity index (χ0n) is 24.8. The molecular formula is C33H35ClN6O3. The van der Waals surface area contributed by atoms with E-state index < -0.39 is 0 Å². The van der Waals surface area contributed by atoms with Crippen LogP contribution in [0.25, 0.3) is 0 Å². The summed E-state index contributed by atoms with van der Waals surface area (Å²) in [4.78, 5) is 29.3. The lowest BCUT2D eigenvalue weighted by Gasteiger charge is -2.37. The molecule has 6 rings (SSSR count). The van der Waals surface area contributed by atoms with E-state index in [4.69, 9.17) is 26.1 Å². The number of para-hydroxylation sites is 1. The second-order valence-electron chi connectivity index (χ2n) is 11.0. The summed E-state index contributed by atoms with van der Waals surface area (Å²) in [5.74, 6) is 2.77. The second kappa shape index (κ2) is 12.1. The maximum absolute atomic E-state index is 14.2. The smallest absolute Gasteiger partial charge is 0.335 e. The van der Waals surface area contributed by atoms with E-state index in [1.807, 2.05) is 49.4 Å². The monoisotopic (exact) mass is 598 g/mol. The summed E-state index contributed by atoms with van der Waals surface area (Å²) in [5, 5.41) is 3.83. The fraction of sp³-hybridized carbons (Fsp3) is 0.303. The molecule has 222 valence electrons. The number of anilines is 5. The molecule has 0 aliphatic carbocycles. The maximum Gasteiger partial charge on any atom is 0.335 e. The van der Waals surface area contributed by atoms with Gasteiger partial charge in [-0.3, -0.25) is 4.90 Å². The Morgan fingerprint density at radius 2 is 1.77 bits per heavy atom. The Morgan fingerprint density at radius 3 is 2.47 bits per heavy atom.